The van der Waals surface area contributed by atoms with Gasteiger partial charge in [-0.05, 0) is 37.7 Å². The number of nitrogens with one attached hydrogen (secondary N) is 1. The Morgan fingerprint density at radius 3 is 2.58 bits per heavy atom. The summed E-state index contributed by atoms with van der Waals surface area (Å²) in [7, 11) is 0. The highest BCUT2D eigenvalue weighted by atomic mass is 35.5. The molecule has 1 aromatic rings. The summed E-state index contributed by atoms with van der Waals surface area (Å²) in [5.74, 6) is 0. The maximum Gasteiger partial charge on any atom is 0.0791 e. The SMILES string of the molecule is CCN(CC)CC(O)CNC(C)c1cccc(Cl)c1. The van der Waals surface area contributed by atoms with E-state index >= 15 is 0 Å². The number of rotatable bonds is 8. The van der Waals surface area contributed by atoms with Crippen LogP contribution in [0.1, 0.15) is 32.4 Å². The molecule has 0 bridgehead atoms. The highest BCUT2D eigenvalue weighted by Crippen LogP contribution is 2.17. The van der Waals surface area contributed by atoms with Crippen molar-refractivity contribution in [2.45, 2.75) is 32.9 Å². The lowest BCUT2D eigenvalue weighted by molar-refractivity contribution is 0.114. The third-order valence-electron chi connectivity index (χ3n) is 3.37. The van der Waals surface area contributed by atoms with Crippen LogP contribution in [0.25, 0.3) is 0 Å². The van der Waals surface area contributed by atoms with Gasteiger partial charge in [-0.25, -0.2) is 0 Å². The summed E-state index contributed by atoms with van der Waals surface area (Å²) in [6.45, 7) is 9.54. The molecule has 19 heavy (non-hydrogen) atoms. The van der Waals surface area contributed by atoms with E-state index in [1.54, 1.807) is 0 Å². The zero-order valence-corrected chi connectivity index (χ0v) is 12.8. The molecule has 108 valence electrons. The lowest BCUT2D eigenvalue weighted by Crippen LogP contribution is -2.38. The van der Waals surface area contributed by atoms with Crippen LogP contribution in [0.5, 0.6) is 0 Å². The van der Waals surface area contributed by atoms with E-state index in [1.165, 1.54) is 0 Å². The molecule has 2 unspecified atom stereocenters. The molecule has 2 atom stereocenters. The van der Waals surface area contributed by atoms with Crippen LogP contribution in [0.4, 0.5) is 0 Å². The van der Waals surface area contributed by atoms with E-state index in [2.05, 4.69) is 31.0 Å². The number of benzene rings is 1. The predicted molar refractivity (Wildman–Crippen MR) is 81.7 cm³/mol. The molecule has 0 saturated heterocycles. The maximum absolute atomic E-state index is 10.0. The lowest BCUT2D eigenvalue weighted by Gasteiger charge is -2.23. The standard InChI is InChI=1S/C15H25ClN2O/c1-4-18(5-2)11-15(19)10-17-12(3)13-7-6-8-14(16)9-13/h6-9,12,15,17,19H,4-5,10-11H2,1-3H3. The normalized spacial score (nSPS) is 14.6. The lowest BCUT2D eigenvalue weighted by atomic mass is 10.1. The van der Waals surface area contributed by atoms with Crippen molar-refractivity contribution in [1.29, 1.82) is 0 Å². The molecular formula is C15H25ClN2O. The Morgan fingerprint density at radius 1 is 1.32 bits per heavy atom. The second-order valence-electron chi connectivity index (χ2n) is 4.82. The van der Waals surface area contributed by atoms with Crippen LogP contribution < -0.4 is 5.32 Å². The van der Waals surface area contributed by atoms with Crippen molar-refractivity contribution in [3.8, 4) is 0 Å². The minimum atomic E-state index is -0.346. The largest absolute Gasteiger partial charge is 0.390 e. The number of aliphatic hydroxyl groups excluding tert-OH is 1. The van der Waals surface area contributed by atoms with Gasteiger partial charge in [0.2, 0.25) is 0 Å². The maximum atomic E-state index is 10.0. The molecule has 0 aliphatic carbocycles. The Hall–Kier alpha value is -0.610. The van der Waals surface area contributed by atoms with Gasteiger partial charge < -0.3 is 15.3 Å². The highest BCUT2D eigenvalue weighted by molar-refractivity contribution is 6.30. The predicted octanol–water partition coefficient (Wildman–Crippen LogP) is 2.69. The molecule has 1 aromatic carbocycles. The summed E-state index contributed by atoms with van der Waals surface area (Å²) >= 11 is 5.97. The summed E-state index contributed by atoms with van der Waals surface area (Å²) in [5, 5.41) is 14.1. The van der Waals surface area contributed by atoms with Crippen LogP contribution in [0, 0.1) is 0 Å². The van der Waals surface area contributed by atoms with Crippen molar-refractivity contribution in [3.63, 3.8) is 0 Å². The molecule has 0 spiro atoms. The number of nitrogens with zero attached hydrogens (tertiary/aromatic N) is 1. The molecule has 0 aromatic heterocycles. The first-order valence-electron chi connectivity index (χ1n) is 6.96. The first-order valence-corrected chi connectivity index (χ1v) is 7.33. The summed E-state index contributed by atoms with van der Waals surface area (Å²) in [4.78, 5) is 2.22. The summed E-state index contributed by atoms with van der Waals surface area (Å²) in [6, 6.07) is 8.00. The minimum absolute atomic E-state index is 0.185. The zero-order chi connectivity index (χ0) is 14.3. The van der Waals surface area contributed by atoms with Crippen LogP contribution >= 0.6 is 11.6 Å². The van der Waals surface area contributed by atoms with Crippen LogP contribution in [0.15, 0.2) is 24.3 Å². The third-order valence-corrected chi connectivity index (χ3v) is 3.61. The third kappa shape index (κ3) is 5.91. The Labute approximate surface area is 121 Å². The van der Waals surface area contributed by atoms with Gasteiger partial charge in [0.15, 0.2) is 0 Å². The van der Waals surface area contributed by atoms with Gasteiger partial charge >= 0.3 is 0 Å². The van der Waals surface area contributed by atoms with Crippen molar-refractivity contribution >= 4 is 11.6 Å². The molecule has 0 radical (unpaired) electrons. The fourth-order valence-corrected chi connectivity index (χ4v) is 2.25. The van der Waals surface area contributed by atoms with E-state index < -0.39 is 0 Å². The molecule has 0 aliphatic rings. The Bertz CT molecular complexity index is 369. The fourth-order valence-electron chi connectivity index (χ4n) is 2.05. The van der Waals surface area contributed by atoms with E-state index in [0.717, 1.165) is 23.7 Å². The number of hydrogen-bond acceptors (Lipinski definition) is 3. The smallest absolute Gasteiger partial charge is 0.0791 e. The number of hydrogen-bond donors (Lipinski definition) is 2. The van der Waals surface area contributed by atoms with Gasteiger partial charge in [0.05, 0.1) is 6.10 Å². The number of likely N-dealkylation sites (N-methyl/N-ethyl adjacent to an activating group) is 1. The first kappa shape index (κ1) is 16.4. The van der Waals surface area contributed by atoms with Gasteiger partial charge in [-0.1, -0.05) is 37.6 Å². The second kappa shape index (κ2) is 8.54. The van der Waals surface area contributed by atoms with E-state index in [4.69, 9.17) is 11.6 Å². The Balaban J connectivity index is 2.39. The molecule has 0 saturated carbocycles. The molecule has 0 heterocycles. The number of halogens is 1. The molecule has 0 amide bonds. The van der Waals surface area contributed by atoms with Crippen molar-refractivity contribution in [1.82, 2.24) is 10.2 Å². The van der Waals surface area contributed by atoms with E-state index in [1.807, 2.05) is 24.3 Å². The van der Waals surface area contributed by atoms with E-state index in [-0.39, 0.29) is 12.1 Å². The summed E-state index contributed by atoms with van der Waals surface area (Å²) in [5.41, 5.74) is 1.14. The van der Waals surface area contributed by atoms with Gasteiger partial charge in [-0.3, -0.25) is 0 Å². The van der Waals surface area contributed by atoms with Gasteiger partial charge in [-0.15, -0.1) is 0 Å². The zero-order valence-electron chi connectivity index (χ0n) is 12.1. The van der Waals surface area contributed by atoms with E-state index in [9.17, 15) is 5.11 Å². The van der Waals surface area contributed by atoms with Crippen molar-refractivity contribution in [2.24, 2.45) is 0 Å². The van der Waals surface area contributed by atoms with Gasteiger partial charge in [0.25, 0.3) is 0 Å². The fraction of sp³-hybridized carbons (Fsp3) is 0.600. The van der Waals surface area contributed by atoms with Crippen LogP contribution in [-0.2, 0) is 0 Å². The molecule has 3 nitrogen and oxygen atoms in total. The van der Waals surface area contributed by atoms with Crippen molar-refractivity contribution < 1.29 is 5.11 Å². The average molecular weight is 285 g/mol. The topological polar surface area (TPSA) is 35.5 Å². The quantitative estimate of drug-likeness (QED) is 0.770. The highest BCUT2D eigenvalue weighted by Gasteiger charge is 2.11. The minimum Gasteiger partial charge on any atom is -0.390 e. The molecular weight excluding hydrogens is 260 g/mol. The van der Waals surface area contributed by atoms with Gasteiger partial charge in [0, 0.05) is 24.2 Å². The monoisotopic (exact) mass is 284 g/mol. The van der Waals surface area contributed by atoms with E-state index in [0.29, 0.717) is 13.1 Å². The molecule has 4 heteroatoms. The molecule has 2 N–H and O–H groups in total. The first-order chi connectivity index (χ1) is 9.06. The molecule has 0 aliphatic heterocycles. The van der Waals surface area contributed by atoms with Crippen molar-refractivity contribution in [2.75, 3.05) is 26.2 Å². The summed E-state index contributed by atoms with van der Waals surface area (Å²) in [6.07, 6.45) is -0.346. The van der Waals surface area contributed by atoms with Crippen LogP contribution in [0.2, 0.25) is 5.02 Å². The Morgan fingerprint density at radius 2 is 2.00 bits per heavy atom. The van der Waals surface area contributed by atoms with Crippen molar-refractivity contribution in [3.05, 3.63) is 34.9 Å². The average Bonchev–Trinajstić information content (AvgIpc) is 2.42. The Kier molecular flexibility index (Phi) is 7.39. The number of aliphatic hydroxyl groups is 1. The summed E-state index contributed by atoms with van der Waals surface area (Å²) < 4.78 is 0. The van der Waals surface area contributed by atoms with Gasteiger partial charge in [-0.2, -0.15) is 0 Å². The second-order valence-corrected chi connectivity index (χ2v) is 5.26. The van der Waals surface area contributed by atoms with Gasteiger partial charge in [0.1, 0.15) is 0 Å². The molecule has 1 rings (SSSR count). The van der Waals surface area contributed by atoms with Crippen LogP contribution in [0.3, 0.4) is 0 Å². The van der Waals surface area contributed by atoms with Crippen LogP contribution in [-0.4, -0.2) is 42.3 Å². The molecule has 0 fully saturated rings.